The number of carboxylic acids is 1. The third kappa shape index (κ3) is 4.32. The van der Waals surface area contributed by atoms with E-state index in [2.05, 4.69) is 13.8 Å². The van der Waals surface area contributed by atoms with Gasteiger partial charge in [-0.3, -0.25) is 0 Å². The van der Waals surface area contributed by atoms with Gasteiger partial charge in [-0.25, -0.2) is 4.79 Å². The predicted molar refractivity (Wildman–Crippen MR) is 80.7 cm³/mol. The van der Waals surface area contributed by atoms with Crippen LogP contribution in [0.5, 0.6) is 0 Å². The molecule has 0 aromatic heterocycles. The maximum atomic E-state index is 11.1. The molecule has 0 spiro atoms. The molecule has 0 radical (unpaired) electrons. The van der Waals surface area contributed by atoms with Gasteiger partial charge in [-0.1, -0.05) is 38.1 Å². The van der Waals surface area contributed by atoms with Crippen molar-refractivity contribution < 1.29 is 24.5 Å². The highest BCUT2D eigenvalue weighted by Gasteiger charge is 2.29. The van der Waals surface area contributed by atoms with Gasteiger partial charge >= 0.3 is 5.97 Å². The number of rotatable bonds is 6. The summed E-state index contributed by atoms with van der Waals surface area (Å²) in [5, 5.41) is 18.1. The lowest BCUT2D eigenvalue weighted by atomic mass is 9.90. The highest BCUT2D eigenvalue weighted by Crippen LogP contribution is 2.29. The van der Waals surface area contributed by atoms with Gasteiger partial charge in [0.15, 0.2) is 0 Å². The number of carboxylic acid groups (broad SMARTS) is 1. The number of benzene rings is 1. The van der Waals surface area contributed by atoms with Crippen molar-refractivity contribution >= 4 is 5.97 Å². The van der Waals surface area contributed by atoms with Gasteiger partial charge in [0.25, 0.3) is 0 Å². The molecule has 1 aliphatic rings. The molecule has 2 atom stereocenters. The Kier molecular flexibility index (Phi) is 5.57. The monoisotopic (exact) mass is 306 g/mol. The number of aliphatic hydroxyl groups is 1. The molecule has 1 aromatic carbocycles. The predicted octanol–water partition coefficient (Wildman–Crippen LogP) is 2.68. The highest BCUT2D eigenvalue weighted by atomic mass is 16.7. The van der Waals surface area contributed by atoms with E-state index >= 15 is 0 Å². The number of aliphatic hydroxyl groups excluding tert-OH is 1. The van der Waals surface area contributed by atoms with Crippen LogP contribution in [-0.2, 0) is 27.5 Å². The van der Waals surface area contributed by atoms with E-state index in [0.29, 0.717) is 18.9 Å². The maximum Gasteiger partial charge on any atom is 0.370 e. The molecule has 2 N–H and O–H groups in total. The zero-order valence-corrected chi connectivity index (χ0v) is 12.9. The minimum absolute atomic E-state index is 0.00963. The first kappa shape index (κ1) is 16.5. The lowest BCUT2D eigenvalue weighted by Gasteiger charge is -2.30. The van der Waals surface area contributed by atoms with Crippen LogP contribution in [0, 0.1) is 11.8 Å². The number of hydrogen-bond donors (Lipinski definition) is 2. The second-order valence-corrected chi connectivity index (χ2v) is 5.81. The van der Waals surface area contributed by atoms with E-state index in [1.807, 2.05) is 24.3 Å². The van der Waals surface area contributed by atoms with Crippen molar-refractivity contribution in [2.75, 3.05) is 0 Å². The summed E-state index contributed by atoms with van der Waals surface area (Å²) in [5.41, 5.74) is 1.79. The SMILES string of the molecule is CC(C)[C@H]1C=C(C(=O)O)O[C@@H](OCc2ccc(CO)cc2)C1. The number of hydrogen-bond acceptors (Lipinski definition) is 4. The Morgan fingerprint density at radius 3 is 2.50 bits per heavy atom. The Morgan fingerprint density at radius 1 is 1.32 bits per heavy atom. The summed E-state index contributed by atoms with van der Waals surface area (Å²) in [6, 6.07) is 7.42. The van der Waals surface area contributed by atoms with Crippen molar-refractivity contribution in [2.24, 2.45) is 11.8 Å². The Hall–Kier alpha value is -1.85. The van der Waals surface area contributed by atoms with Crippen LogP contribution >= 0.6 is 0 Å². The van der Waals surface area contributed by atoms with E-state index in [9.17, 15) is 4.79 Å². The summed E-state index contributed by atoms with van der Waals surface area (Å²) in [7, 11) is 0. The Balaban J connectivity index is 1.97. The summed E-state index contributed by atoms with van der Waals surface area (Å²) in [6.07, 6.45) is 1.76. The standard InChI is InChI=1S/C17H22O5/c1-11(2)14-7-15(17(19)20)22-16(8-14)21-10-13-5-3-12(9-18)4-6-13/h3-7,11,14,16,18H,8-10H2,1-2H3,(H,19,20)/t14-,16+/m0/s1. The van der Waals surface area contributed by atoms with Crippen molar-refractivity contribution in [1.82, 2.24) is 0 Å². The molecule has 1 heterocycles. The first-order chi connectivity index (χ1) is 10.5. The van der Waals surface area contributed by atoms with Crippen LogP contribution in [-0.4, -0.2) is 22.5 Å². The summed E-state index contributed by atoms with van der Waals surface area (Å²) in [5.74, 6) is -0.647. The van der Waals surface area contributed by atoms with Crippen LogP contribution in [0.3, 0.4) is 0 Å². The normalized spacial score (nSPS) is 21.4. The molecular formula is C17H22O5. The molecule has 1 aliphatic heterocycles. The summed E-state index contributed by atoms with van der Waals surface area (Å²) in [6.45, 7) is 4.46. The number of allylic oxidation sites excluding steroid dienone is 1. The van der Waals surface area contributed by atoms with Gasteiger partial charge in [-0.15, -0.1) is 0 Å². The van der Waals surface area contributed by atoms with Crippen molar-refractivity contribution in [1.29, 1.82) is 0 Å². The lowest BCUT2D eigenvalue weighted by Crippen LogP contribution is -2.29. The fraction of sp³-hybridized carbons (Fsp3) is 0.471. The molecule has 0 saturated carbocycles. The maximum absolute atomic E-state index is 11.1. The van der Waals surface area contributed by atoms with Crippen molar-refractivity contribution in [3.63, 3.8) is 0 Å². The smallest absolute Gasteiger partial charge is 0.370 e. The van der Waals surface area contributed by atoms with E-state index in [1.165, 1.54) is 0 Å². The zero-order chi connectivity index (χ0) is 16.1. The molecule has 2 rings (SSSR count). The van der Waals surface area contributed by atoms with Gasteiger partial charge < -0.3 is 19.7 Å². The third-order valence-electron chi connectivity index (χ3n) is 3.80. The van der Waals surface area contributed by atoms with E-state index in [4.69, 9.17) is 19.7 Å². The highest BCUT2D eigenvalue weighted by molar-refractivity contribution is 5.84. The molecule has 0 unspecified atom stereocenters. The molecule has 0 fully saturated rings. The Labute approximate surface area is 130 Å². The van der Waals surface area contributed by atoms with Gasteiger partial charge in [0.05, 0.1) is 13.2 Å². The van der Waals surface area contributed by atoms with Crippen molar-refractivity contribution in [3.05, 3.63) is 47.2 Å². The van der Waals surface area contributed by atoms with Crippen molar-refractivity contribution in [3.8, 4) is 0 Å². The average Bonchev–Trinajstić information content (AvgIpc) is 2.53. The lowest BCUT2D eigenvalue weighted by molar-refractivity contribution is -0.163. The number of aliphatic carboxylic acids is 1. The Bertz CT molecular complexity index is 532. The van der Waals surface area contributed by atoms with Crippen LogP contribution < -0.4 is 0 Å². The topological polar surface area (TPSA) is 76.0 Å². The van der Waals surface area contributed by atoms with Gasteiger partial charge in [0.1, 0.15) is 0 Å². The second-order valence-electron chi connectivity index (χ2n) is 5.81. The van der Waals surface area contributed by atoms with Crippen LogP contribution in [0.2, 0.25) is 0 Å². The van der Waals surface area contributed by atoms with Crippen LogP contribution in [0.25, 0.3) is 0 Å². The third-order valence-corrected chi connectivity index (χ3v) is 3.80. The molecule has 0 saturated heterocycles. The molecule has 0 bridgehead atoms. The molecule has 5 heteroatoms. The largest absolute Gasteiger partial charge is 0.475 e. The Morgan fingerprint density at radius 2 is 1.95 bits per heavy atom. The molecule has 0 amide bonds. The molecule has 0 aliphatic carbocycles. The number of ether oxygens (including phenoxy) is 2. The molecule has 1 aromatic rings. The minimum Gasteiger partial charge on any atom is -0.475 e. The molecule has 120 valence electrons. The molecule has 5 nitrogen and oxygen atoms in total. The molecular weight excluding hydrogens is 284 g/mol. The zero-order valence-electron chi connectivity index (χ0n) is 12.9. The van der Waals surface area contributed by atoms with Crippen LogP contribution in [0.15, 0.2) is 36.1 Å². The van der Waals surface area contributed by atoms with E-state index < -0.39 is 12.3 Å². The summed E-state index contributed by atoms with van der Waals surface area (Å²) >= 11 is 0. The average molecular weight is 306 g/mol. The van der Waals surface area contributed by atoms with E-state index in [1.54, 1.807) is 6.08 Å². The van der Waals surface area contributed by atoms with E-state index in [0.717, 1.165) is 11.1 Å². The quantitative estimate of drug-likeness (QED) is 0.845. The fourth-order valence-corrected chi connectivity index (χ4v) is 2.33. The van der Waals surface area contributed by atoms with Crippen LogP contribution in [0.1, 0.15) is 31.4 Å². The van der Waals surface area contributed by atoms with Gasteiger partial charge in [-0.2, -0.15) is 0 Å². The van der Waals surface area contributed by atoms with Crippen LogP contribution in [0.4, 0.5) is 0 Å². The van der Waals surface area contributed by atoms with Gasteiger partial charge in [0, 0.05) is 6.42 Å². The summed E-state index contributed by atoms with van der Waals surface area (Å²) in [4.78, 5) is 11.1. The van der Waals surface area contributed by atoms with Crippen molar-refractivity contribution in [2.45, 2.75) is 39.8 Å². The first-order valence-corrected chi connectivity index (χ1v) is 7.41. The van der Waals surface area contributed by atoms with Gasteiger partial charge in [-0.05, 0) is 29.0 Å². The van der Waals surface area contributed by atoms with Gasteiger partial charge in [0.2, 0.25) is 12.0 Å². The minimum atomic E-state index is -1.06. The van der Waals surface area contributed by atoms with E-state index in [-0.39, 0.29) is 18.3 Å². The first-order valence-electron chi connectivity index (χ1n) is 7.41. The second kappa shape index (κ2) is 7.42. The summed E-state index contributed by atoms with van der Waals surface area (Å²) < 4.78 is 11.1. The fourth-order valence-electron chi connectivity index (χ4n) is 2.33. The molecule has 22 heavy (non-hydrogen) atoms. The number of carbonyl (C=O) groups is 1.